The number of aryl methyl sites for hydroxylation is 2. The lowest BCUT2D eigenvalue weighted by Crippen LogP contribution is -2.04. The van der Waals surface area contributed by atoms with Crippen LogP contribution in [0.2, 0.25) is 0 Å². The molecule has 3 heteroatoms. The van der Waals surface area contributed by atoms with Crippen LogP contribution in [-0.2, 0) is 7.05 Å². The highest BCUT2D eigenvalue weighted by molar-refractivity contribution is 5.35. The van der Waals surface area contributed by atoms with Crippen molar-refractivity contribution in [1.29, 1.82) is 0 Å². The lowest BCUT2D eigenvalue weighted by Gasteiger charge is -1.83. The molecule has 0 fully saturated rings. The maximum atomic E-state index is 4.18. The Morgan fingerprint density at radius 1 is 1.67 bits per heavy atom. The number of nitrogens with zero attached hydrogens (tertiary/aromatic N) is 2. The van der Waals surface area contributed by atoms with Crippen LogP contribution in [-0.4, -0.2) is 23.4 Å². The van der Waals surface area contributed by atoms with E-state index in [-0.39, 0.29) is 0 Å². The van der Waals surface area contributed by atoms with Crippen LogP contribution in [0.4, 0.5) is 0 Å². The Balaban J connectivity index is 2.76. The van der Waals surface area contributed by atoms with Gasteiger partial charge in [0.2, 0.25) is 0 Å². The summed E-state index contributed by atoms with van der Waals surface area (Å²) in [4.78, 5) is 0. The molecule has 64 valence electrons. The van der Waals surface area contributed by atoms with Crippen molar-refractivity contribution < 1.29 is 0 Å². The summed E-state index contributed by atoms with van der Waals surface area (Å²) in [5.74, 6) is 6.03. The van der Waals surface area contributed by atoms with Crippen molar-refractivity contribution in [1.82, 2.24) is 15.1 Å². The van der Waals surface area contributed by atoms with Crippen LogP contribution in [0.25, 0.3) is 0 Å². The highest BCUT2D eigenvalue weighted by atomic mass is 15.2. The normalized spacial score (nSPS) is 9.25. The van der Waals surface area contributed by atoms with Gasteiger partial charge in [0.15, 0.2) is 0 Å². The summed E-state index contributed by atoms with van der Waals surface area (Å²) >= 11 is 0. The molecule has 1 heterocycles. The Bertz CT molecular complexity index is 314. The molecule has 0 radical (unpaired) electrons. The first-order chi connectivity index (χ1) is 5.74. The molecule has 1 aromatic heterocycles. The van der Waals surface area contributed by atoms with Gasteiger partial charge in [-0.25, -0.2) is 0 Å². The Morgan fingerprint density at radius 2 is 2.42 bits per heavy atom. The second-order valence-corrected chi connectivity index (χ2v) is 2.63. The molecule has 0 saturated heterocycles. The van der Waals surface area contributed by atoms with Crippen molar-refractivity contribution in [3.05, 3.63) is 17.5 Å². The Morgan fingerprint density at radius 3 is 2.92 bits per heavy atom. The summed E-state index contributed by atoms with van der Waals surface area (Å²) < 4.78 is 1.78. The van der Waals surface area contributed by atoms with Gasteiger partial charge in [0.25, 0.3) is 0 Å². The SMILES string of the molecule is CNCC#Cc1cn(C)nc1C. The molecule has 0 aliphatic rings. The third-order valence-electron chi connectivity index (χ3n) is 1.50. The van der Waals surface area contributed by atoms with Crippen LogP contribution in [0.3, 0.4) is 0 Å². The minimum absolute atomic E-state index is 0.717. The monoisotopic (exact) mass is 163 g/mol. The van der Waals surface area contributed by atoms with Crippen LogP contribution in [0, 0.1) is 18.8 Å². The topological polar surface area (TPSA) is 29.9 Å². The second-order valence-electron chi connectivity index (χ2n) is 2.63. The van der Waals surface area contributed by atoms with Gasteiger partial charge in [0.1, 0.15) is 0 Å². The summed E-state index contributed by atoms with van der Waals surface area (Å²) in [6.07, 6.45) is 1.93. The zero-order valence-electron chi connectivity index (χ0n) is 7.68. The summed E-state index contributed by atoms with van der Waals surface area (Å²) in [5, 5.41) is 7.15. The van der Waals surface area contributed by atoms with Gasteiger partial charge in [-0.1, -0.05) is 11.8 Å². The van der Waals surface area contributed by atoms with Gasteiger partial charge in [0, 0.05) is 13.2 Å². The molecule has 0 amide bonds. The molecule has 0 atom stereocenters. The molecule has 0 saturated carbocycles. The Kier molecular flexibility index (Phi) is 2.89. The zero-order chi connectivity index (χ0) is 8.97. The fraction of sp³-hybridized carbons (Fsp3) is 0.444. The zero-order valence-corrected chi connectivity index (χ0v) is 7.68. The van der Waals surface area contributed by atoms with Gasteiger partial charge in [0.05, 0.1) is 17.8 Å². The van der Waals surface area contributed by atoms with Gasteiger partial charge < -0.3 is 5.32 Å². The summed E-state index contributed by atoms with van der Waals surface area (Å²) in [7, 11) is 3.78. The van der Waals surface area contributed by atoms with Crippen molar-refractivity contribution in [3.8, 4) is 11.8 Å². The van der Waals surface area contributed by atoms with Gasteiger partial charge in [-0.2, -0.15) is 5.10 Å². The first-order valence-corrected chi connectivity index (χ1v) is 3.87. The summed E-state index contributed by atoms with van der Waals surface area (Å²) in [6, 6.07) is 0. The Hall–Kier alpha value is -1.27. The van der Waals surface area contributed by atoms with E-state index in [2.05, 4.69) is 22.3 Å². The van der Waals surface area contributed by atoms with Crippen LogP contribution >= 0.6 is 0 Å². The molecule has 1 N–H and O–H groups in total. The van der Waals surface area contributed by atoms with Crippen LogP contribution in [0.1, 0.15) is 11.3 Å². The predicted molar refractivity (Wildman–Crippen MR) is 48.7 cm³/mol. The molecule has 0 spiro atoms. The largest absolute Gasteiger partial charge is 0.309 e. The number of hydrogen-bond donors (Lipinski definition) is 1. The van der Waals surface area contributed by atoms with Crippen molar-refractivity contribution in [3.63, 3.8) is 0 Å². The molecule has 1 rings (SSSR count). The van der Waals surface area contributed by atoms with E-state index in [0.29, 0.717) is 6.54 Å². The molecule has 12 heavy (non-hydrogen) atoms. The molecular formula is C9H13N3. The fourth-order valence-corrected chi connectivity index (χ4v) is 0.950. The quantitative estimate of drug-likeness (QED) is 0.603. The minimum Gasteiger partial charge on any atom is -0.309 e. The molecule has 0 aliphatic carbocycles. The lowest BCUT2D eigenvalue weighted by atomic mass is 10.3. The first-order valence-electron chi connectivity index (χ1n) is 3.87. The number of hydrogen-bond acceptors (Lipinski definition) is 2. The van der Waals surface area contributed by atoms with E-state index < -0.39 is 0 Å². The van der Waals surface area contributed by atoms with Crippen molar-refractivity contribution >= 4 is 0 Å². The van der Waals surface area contributed by atoms with Crippen LogP contribution in [0.5, 0.6) is 0 Å². The highest BCUT2D eigenvalue weighted by Crippen LogP contribution is 2.00. The third-order valence-corrected chi connectivity index (χ3v) is 1.50. The van der Waals surface area contributed by atoms with Crippen molar-refractivity contribution in [2.75, 3.05) is 13.6 Å². The molecule has 0 aliphatic heterocycles. The molecule has 0 aromatic carbocycles. The van der Waals surface area contributed by atoms with E-state index in [0.717, 1.165) is 11.3 Å². The lowest BCUT2D eigenvalue weighted by molar-refractivity contribution is 0.756. The van der Waals surface area contributed by atoms with Crippen molar-refractivity contribution in [2.45, 2.75) is 6.92 Å². The number of aromatic nitrogens is 2. The van der Waals surface area contributed by atoms with Crippen molar-refractivity contribution in [2.24, 2.45) is 7.05 Å². The fourth-order valence-electron chi connectivity index (χ4n) is 0.950. The van der Waals surface area contributed by atoms with E-state index in [1.165, 1.54) is 0 Å². The maximum absolute atomic E-state index is 4.18. The minimum atomic E-state index is 0.717. The molecular weight excluding hydrogens is 150 g/mol. The van der Waals surface area contributed by atoms with Gasteiger partial charge in [-0.05, 0) is 14.0 Å². The maximum Gasteiger partial charge on any atom is 0.0750 e. The second kappa shape index (κ2) is 3.93. The standard InChI is InChI=1S/C9H13N3/c1-8-9(5-4-6-10-2)7-12(3)11-8/h7,10H,6H2,1-3H3. The van der Waals surface area contributed by atoms with E-state index in [1.54, 1.807) is 4.68 Å². The summed E-state index contributed by atoms with van der Waals surface area (Å²) in [5.41, 5.74) is 1.99. The van der Waals surface area contributed by atoms with E-state index >= 15 is 0 Å². The van der Waals surface area contributed by atoms with Gasteiger partial charge in [-0.3, -0.25) is 4.68 Å². The van der Waals surface area contributed by atoms with E-state index in [4.69, 9.17) is 0 Å². The predicted octanol–water partition coefficient (Wildman–Crippen LogP) is 0.299. The average molecular weight is 163 g/mol. The Labute approximate surface area is 72.8 Å². The molecule has 3 nitrogen and oxygen atoms in total. The van der Waals surface area contributed by atoms with Gasteiger partial charge >= 0.3 is 0 Å². The van der Waals surface area contributed by atoms with Crippen LogP contribution < -0.4 is 5.32 Å². The highest BCUT2D eigenvalue weighted by Gasteiger charge is 1.97. The summed E-state index contributed by atoms with van der Waals surface area (Å²) in [6.45, 7) is 2.68. The van der Waals surface area contributed by atoms with Crippen LogP contribution in [0.15, 0.2) is 6.20 Å². The molecule has 1 aromatic rings. The average Bonchev–Trinajstić information content (AvgIpc) is 2.31. The number of nitrogens with one attached hydrogen (secondary N) is 1. The molecule has 0 bridgehead atoms. The number of rotatable bonds is 1. The molecule has 0 unspecified atom stereocenters. The van der Waals surface area contributed by atoms with E-state index in [9.17, 15) is 0 Å². The smallest absolute Gasteiger partial charge is 0.0750 e. The van der Waals surface area contributed by atoms with E-state index in [1.807, 2.05) is 27.2 Å². The third kappa shape index (κ3) is 2.11. The first kappa shape index (κ1) is 8.82. The van der Waals surface area contributed by atoms with Gasteiger partial charge in [-0.15, -0.1) is 0 Å².